The van der Waals surface area contributed by atoms with E-state index >= 15 is 0 Å². The first-order valence-corrected chi connectivity index (χ1v) is 4.43. The van der Waals surface area contributed by atoms with Gasteiger partial charge in [-0.3, -0.25) is 9.59 Å². The molecule has 1 unspecified atom stereocenters. The Morgan fingerprint density at radius 2 is 2.20 bits per heavy atom. The Hall–Kier alpha value is -2.04. The van der Waals surface area contributed by atoms with Gasteiger partial charge in [-0.1, -0.05) is 6.07 Å². The highest BCUT2D eigenvalue weighted by Crippen LogP contribution is 2.28. The molecule has 1 amide bonds. The number of nitrogens with one attached hydrogen (secondary N) is 1. The van der Waals surface area contributed by atoms with Crippen LogP contribution in [-0.4, -0.2) is 22.1 Å². The minimum absolute atomic E-state index is 0.0443. The highest BCUT2D eigenvalue weighted by molar-refractivity contribution is 6.06. The first kappa shape index (κ1) is 9.51. The van der Waals surface area contributed by atoms with E-state index in [9.17, 15) is 14.7 Å². The van der Waals surface area contributed by atoms with Gasteiger partial charge in [0.2, 0.25) is 5.91 Å². The topological polar surface area (TPSA) is 86.6 Å². The summed E-state index contributed by atoms with van der Waals surface area (Å²) in [4.78, 5) is 22.1. The summed E-state index contributed by atoms with van der Waals surface area (Å²) in [5.41, 5.74) is 1.21. The lowest BCUT2D eigenvalue weighted by Crippen LogP contribution is -2.35. The third-order valence-corrected chi connectivity index (χ3v) is 2.39. The molecule has 0 spiro atoms. The van der Waals surface area contributed by atoms with Gasteiger partial charge in [0.25, 0.3) is 0 Å². The minimum Gasteiger partial charge on any atom is -0.508 e. The first-order valence-electron chi connectivity index (χ1n) is 4.43. The van der Waals surface area contributed by atoms with Crippen molar-refractivity contribution in [3.05, 3.63) is 23.8 Å². The third kappa shape index (κ3) is 1.63. The number of carbonyl (C=O) groups excluding carboxylic acids is 1. The molecule has 0 fully saturated rings. The van der Waals surface area contributed by atoms with Crippen LogP contribution in [0.5, 0.6) is 5.75 Å². The molecule has 1 aromatic rings. The van der Waals surface area contributed by atoms with Gasteiger partial charge < -0.3 is 15.5 Å². The predicted molar refractivity (Wildman–Crippen MR) is 51.6 cm³/mol. The number of hydrogen-bond donors (Lipinski definition) is 3. The van der Waals surface area contributed by atoms with Crippen molar-refractivity contribution in [2.24, 2.45) is 5.92 Å². The molecule has 0 bridgehead atoms. The van der Waals surface area contributed by atoms with Gasteiger partial charge in [-0.15, -0.1) is 0 Å². The molecule has 0 saturated heterocycles. The standard InChI is InChI=1S/C10H9NO4/c12-6-2-1-5-3-7(10(14)15)9(13)11-8(5)4-6/h1-2,4,7,12H,3H2,(H,11,13)(H,14,15). The second-order valence-corrected chi connectivity index (χ2v) is 3.43. The van der Waals surface area contributed by atoms with E-state index in [2.05, 4.69) is 5.32 Å². The van der Waals surface area contributed by atoms with Crippen LogP contribution in [0.15, 0.2) is 18.2 Å². The summed E-state index contributed by atoms with van der Waals surface area (Å²) < 4.78 is 0. The fourth-order valence-electron chi connectivity index (χ4n) is 1.59. The van der Waals surface area contributed by atoms with E-state index in [1.165, 1.54) is 12.1 Å². The van der Waals surface area contributed by atoms with Gasteiger partial charge in [0.1, 0.15) is 11.7 Å². The Bertz CT molecular complexity index is 441. The summed E-state index contributed by atoms with van der Waals surface area (Å²) in [6.45, 7) is 0. The Morgan fingerprint density at radius 3 is 2.87 bits per heavy atom. The van der Waals surface area contributed by atoms with Crippen molar-refractivity contribution in [2.75, 3.05) is 5.32 Å². The molecular weight excluding hydrogens is 198 g/mol. The highest BCUT2D eigenvalue weighted by atomic mass is 16.4. The minimum atomic E-state index is -1.13. The van der Waals surface area contributed by atoms with Crippen LogP contribution >= 0.6 is 0 Å². The fourth-order valence-corrected chi connectivity index (χ4v) is 1.59. The number of carbonyl (C=O) groups is 2. The van der Waals surface area contributed by atoms with Gasteiger partial charge in [0.05, 0.1) is 0 Å². The predicted octanol–water partition coefficient (Wildman–Crippen LogP) is 0.588. The van der Waals surface area contributed by atoms with E-state index < -0.39 is 17.8 Å². The maximum Gasteiger partial charge on any atom is 0.316 e. The molecule has 0 radical (unpaired) electrons. The van der Waals surface area contributed by atoms with Gasteiger partial charge in [-0.2, -0.15) is 0 Å². The van der Waals surface area contributed by atoms with Gasteiger partial charge >= 0.3 is 5.97 Å². The van der Waals surface area contributed by atoms with Gasteiger partial charge in [-0.05, 0) is 18.1 Å². The van der Waals surface area contributed by atoms with Crippen LogP contribution < -0.4 is 5.32 Å². The summed E-state index contributed by atoms with van der Waals surface area (Å²) >= 11 is 0. The van der Waals surface area contributed by atoms with Crippen molar-refractivity contribution >= 4 is 17.6 Å². The molecule has 5 heteroatoms. The fraction of sp³-hybridized carbons (Fsp3) is 0.200. The van der Waals surface area contributed by atoms with Crippen LogP contribution in [0, 0.1) is 5.92 Å². The number of aromatic hydroxyl groups is 1. The van der Waals surface area contributed by atoms with Crippen molar-refractivity contribution in [1.82, 2.24) is 0 Å². The number of rotatable bonds is 1. The molecule has 2 rings (SSSR count). The zero-order valence-electron chi connectivity index (χ0n) is 7.73. The summed E-state index contributed by atoms with van der Waals surface area (Å²) in [6.07, 6.45) is 0.163. The van der Waals surface area contributed by atoms with Crippen LogP contribution in [0.3, 0.4) is 0 Å². The van der Waals surface area contributed by atoms with Crippen molar-refractivity contribution in [1.29, 1.82) is 0 Å². The zero-order chi connectivity index (χ0) is 11.0. The molecule has 0 saturated carbocycles. The normalized spacial score (nSPS) is 19.2. The number of carboxylic acid groups (broad SMARTS) is 1. The van der Waals surface area contributed by atoms with E-state index in [4.69, 9.17) is 5.11 Å². The summed E-state index contributed by atoms with van der Waals surface area (Å²) in [6, 6.07) is 4.49. The van der Waals surface area contributed by atoms with Crippen molar-refractivity contribution in [2.45, 2.75) is 6.42 Å². The second kappa shape index (κ2) is 3.27. The molecule has 1 aromatic carbocycles. The molecule has 5 nitrogen and oxygen atoms in total. The molecule has 1 aliphatic rings. The van der Waals surface area contributed by atoms with Crippen LogP contribution in [0.25, 0.3) is 0 Å². The highest BCUT2D eigenvalue weighted by Gasteiger charge is 2.31. The molecule has 78 valence electrons. The van der Waals surface area contributed by atoms with E-state index in [1.807, 2.05) is 0 Å². The molecular formula is C10H9NO4. The largest absolute Gasteiger partial charge is 0.508 e. The van der Waals surface area contributed by atoms with Gasteiger partial charge in [0, 0.05) is 11.8 Å². The number of carboxylic acids is 1. The maximum absolute atomic E-state index is 11.3. The number of hydrogen-bond acceptors (Lipinski definition) is 3. The van der Waals surface area contributed by atoms with E-state index in [1.54, 1.807) is 6.07 Å². The lowest BCUT2D eigenvalue weighted by Gasteiger charge is -2.21. The molecule has 3 N–H and O–H groups in total. The number of phenolic OH excluding ortho intramolecular Hbond substituents is 1. The quantitative estimate of drug-likeness (QED) is 0.588. The monoisotopic (exact) mass is 207 g/mol. The molecule has 0 aromatic heterocycles. The summed E-state index contributed by atoms with van der Waals surface area (Å²) in [5.74, 6) is -2.67. The lowest BCUT2D eigenvalue weighted by atomic mass is 9.93. The Labute approximate surface area is 85.3 Å². The Kier molecular flexibility index (Phi) is 2.07. The number of fused-ring (bicyclic) bond motifs is 1. The second-order valence-electron chi connectivity index (χ2n) is 3.43. The van der Waals surface area contributed by atoms with Gasteiger partial charge in [0.15, 0.2) is 0 Å². The smallest absolute Gasteiger partial charge is 0.316 e. The average Bonchev–Trinajstić information content (AvgIpc) is 2.15. The Balaban J connectivity index is 2.38. The summed E-state index contributed by atoms with van der Waals surface area (Å²) in [7, 11) is 0. The van der Waals surface area contributed by atoms with Crippen molar-refractivity contribution in [3.63, 3.8) is 0 Å². The number of benzene rings is 1. The molecule has 15 heavy (non-hydrogen) atoms. The van der Waals surface area contributed by atoms with Crippen molar-refractivity contribution < 1.29 is 19.8 Å². The van der Waals surface area contributed by atoms with Crippen molar-refractivity contribution in [3.8, 4) is 5.75 Å². The number of anilines is 1. The Morgan fingerprint density at radius 1 is 1.47 bits per heavy atom. The molecule has 1 atom stereocenters. The van der Waals surface area contributed by atoms with Crippen LogP contribution in [-0.2, 0) is 16.0 Å². The first-order chi connectivity index (χ1) is 7.08. The zero-order valence-corrected chi connectivity index (χ0v) is 7.73. The lowest BCUT2D eigenvalue weighted by molar-refractivity contribution is -0.145. The third-order valence-electron chi connectivity index (χ3n) is 2.39. The van der Waals surface area contributed by atoms with E-state index in [-0.39, 0.29) is 12.2 Å². The van der Waals surface area contributed by atoms with Crippen LogP contribution in [0.2, 0.25) is 0 Å². The molecule has 0 aliphatic carbocycles. The average molecular weight is 207 g/mol. The van der Waals surface area contributed by atoms with Gasteiger partial charge in [-0.25, -0.2) is 0 Å². The van der Waals surface area contributed by atoms with Crippen LogP contribution in [0.1, 0.15) is 5.56 Å². The van der Waals surface area contributed by atoms with E-state index in [0.717, 1.165) is 5.56 Å². The van der Waals surface area contributed by atoms with E-state index in [0.29, 0.717) is 5.69 Å². The molecule has 1 heterocycles. The SMILES string of the molecule is O=C(O)C1Cc2ccc(O)cc2NC1=O. The van der Waals surface area contributed by atoms with Crippen LogP contribution in [0.4, 0.5) is 5.69 Å². The number of phenols is 1. The number of amides is 1. The summed E-state index contributed by atoms with van der Waals surface area (Å²) in [5, 5.41) is 20.4. The number of aliphatic carboxylic acids is 1. The molecule has 1 aliphatic heterocycles. The maximum atomic E-state index is 11.3.